The average Bonchev–Trinajstić information content (AvgIpc) is 3.27. The number of hydrogen-bond donors (Lipinski definition) is 1. The van der Waals surface area contributed by atoms with E-state index >= 15 is 0 Å². The second-order valence-electron chi connectivity index (χ2n) is 6.69. The van der Waals surface area contributed by atoms with Gasteiger partial charge in [0, 0.05) is 18.8 Å². The van der Waals surface area contributed by atoms with Crippen molar-refractivity contribution in [3.63, 3.8) is 0 Å². The zero-order valence-electron chi connectivity index (χ0n) is 14.7. The molecule has 4 rings (SSSR count). The van der Waals surface area contributed by atoms with Gasteiger partial charge in [-0.2, -0.15) is 4.31 Å². The van der Waals surface area contributed by atoms with Crippen LogP contribution in [0.15, 0.2) is 27.6 Å². The fraction of sp³-hybridized carbons (Fsp3) is 0.412. The van der Waals surface area contributed by atoms with Crippen LogP contribution in [0, 0.1) is 13.8 Å². The number of aryl methyl sites for hydroxylation is 2. The lowest BCUT2D eigenvalue weighted by molar-refractivity contribution is -0.120. The van der Waals surface area contributed by atoms with E-state index in [0.717, 1.165) is 5.56 Å². The number of fused-ring (bicyclic) bond motifs is 2. The minimum absolute atomic E-state index is 0.0748. The number of amides is 1. The fourth-order valence-electron chi connectivity index (χ4n) is 3.88. The molecule has 0 bridgehead atoms. The highest BCUT2D eigenvalue weighted by Gasteiger charge is 2.54. The van der Waals surface area contributed by atoms with Crippen molar-refractivity contribution in [3.05, 3.63) is 35.2 Å². The first-order chi connectivity index (χ1) is 12.3. The van der Waals surface area contributed by atoms with Gasteiger partial charge in [-0.1, -0.05) is 5.16 Å². The monoisotopic (exact) mass is 377 g/mol. The quantitative estimate of drug-likeness (QED) is 0.871. The van der Waals surface area contributed by atoms with E-state index in [0.29, 0.717) is 23.6 Å². The maximum absolute atomic E-state index is 13.1. The van der Waals surface area contributed by atoms with Crippen LogP contribution in [0.5, 0.6) is 5.75 Å². The number of carbonyl (C=O) groups excluding carboxylic acids is 1. The van der Waals surface area contributed by atoms with Gasteiger partial charge < -0.3 is 14.6 Å². The maximum Gasteiger partial charge on any atom is 0.248 e. The molecule has 1 spiro atoms. The summed E-state index contributed by atoms with van der Waals surface area (Å²) in [6, 6.07) is 5.36. The van der Waals surface area contributed by atoms with E-state index in [1.807, 2.05) is 0 Å². The topological polar surface area (TPSA) is 102 Å². The predicted octanol–water partition coefficient (Wildman–Crippen LogP) is 1.58. The minimum Gasteiger partial charge on any atom is -0.497 e. The molecular formula is C17H19N3O5S. The van der Waals surface area contributed by atoms with Gasteiger partial charge in [-0.15, -0.1) is 0 Å². The van der Waals surface area contributed by atoms with Crippen molar-refractivity contribution in [1.29, 1.82) is 0 Å². The molecule has 2 aliphatic rings. The third kappa shape index (κ3) is 2.20. The van der Waals surface area contributed by atoms with Crippen LogP contribution in [0.1, 0.15) is 23.4 Å². The van der Waals surface area contributed by atoms with Gasteiger partial charge in [-0.3, -0.25) is 4.79 Å². The van der Waals surface area contributed by atoms with Gasteiger partial charge in [-0.25, -0.2) is 8.42 Å². The number of rotatable bonds is 3. The Morgan fingerprint density at radius 3 is 2.77 bits per heavy atom. The molecule has 0 aliphatic carbocycles. The summed E-state index contributed by atoms with van der Waals surface area (Å²) in [5, 5.41) is 6.60. The van der Waals surface area contributed by atoms with Crippen LogP contribution in [-0.2, 0) is 20.2 Å². The standard InChI is InChI=1S/C17H19N3O5S/c1-10-15(11(2)25-19-10)26(22,23)20-7-6-17(9-20)13-8-12(24-3)4-5-14(13)18-16(17)21/h4-5,8H,6-7,9H2,1-3H3,(H,18,21). The van der Waals surface area contributed by atoms with E-state index in [9.17, 15) is 13.2 Å². The molecule has 1 saturated heterocycles. The van der Waals surface area contributed by atoms with Gasteiger partial charge >= 0.3 is 0 Å². The summed E-state index contributed by atoms with van der Waals surface area (Å²) in [5.41, 5.74) is 0.891. The number of carbonyl (C=O) groups is 1. The molecular weight excluding hydrogens is 358 g/mol. The number of nitrogens with one attached hydrogen (secondary N) is 1. The van der Waals surface area contributed by atoms with Gasteiger partial charge in [0.1, 0.15) is 16.3 Å². The predicted molar refractivity (Wildman–Crippen MR) is 92.7 cm³/mol. The van der Waals surface area contributed by atoms with E-state index in [4.69, 9.17) is 9.26 Å². The molecule has 26 heavy (non-hydrogen) atoms. The molecule has 3 heterocycles. The number of ether oxygens (including phenoxy) is 1. The van der Waals surface area contributed by atoms with E-state index in [1.54, 1.807) is 39.2 Å². The molecule has 9 heteroatoms. The summed E-state index contributed by atoms with van der Waals surface area (Å²) in [4.78, 5) is 12.8. The van der Waals surface area contributed by atoms with E-state index in [1.165, 1.54) is 4.31 Å². The Kier molecular flexibility index (Phi) is 3.64. The number of benzene rings is 1. The first-order valence-corrected chi connectivity index (χ1v) is 9.66. The van der Waals surface area contributed by atoms with Crippen LogP contribution in [0.2, 0.25) is 0 Å². The largest absolute Gasteiger partial charge is 0.497 e. The Morgan fingerprint density at radius 2 is 2.12 bits per heavy atom. The highest BCUT2D eigenvalue weighted by Crippen LogP contribution is 2.46. The van der Waals surface area contributed by atoms with E-state index in [-0.39, 0.29) is 29.7 Å². The molecule has 1 aromatic heterocycles. The van der Waals surface area contributed by atoms with Crippen LogP contribution in [0.25, 0.3) is 0 Å². The third-order valence-corrected chi connectivity index (χ3v) is 7.32. The lowest BCUT2D eigenvalue weighted by Gasteiger charge is -2.22. The van der Waals surface area contributed by atoms with Crippen LogP contribution >= 0.6 is 0 Å². The Hall–Kier alpha value is -2.39. The van der Waals surface area contributed by atoms with Crippen molar-refractivity contribution < 1.29 is 22.5 Å². The summed E-state index contributed by atoms with van der Waals surface area (Å²) in [7, 11) is -2.24. The Morgan fingerprint density at radius 1 is 1.35 bits per heavy atom. The molecule has 1 atom stereocenters. The summed E-state index contributed by atoms with van der Waals surface area (Å²) in [5.74, 6) is 0.699. The molecule has 1 aromatic carbocycles. The Labute approximate surface area is 151 Å². The van der Waals surface area contributed by atoms with E-state index < -0.39 is 15.4 Å². The molecule has 2 aliphatic heterocycles. The molecule has 8 nitrogen and oxygen atoms in total. The van der Waals surface area contributed by atoms with Crippen molar-refractivity contribution in [1.82, 2.24) is 9.46 Å². The molecule has 1 fully saturated rings. The molecule has 0 saturated carbocycles. The number of anilines is 1. The summed E-state index contributed by atoms with van der Waals surface area (Å²) in [6.07, 6.45) is 0.404. The van der Waals surface area contributed by atoms with Crippen molar-refractivity contribution in [2.24, 2.45) is 0 Å². The van der Waals surface area contributed by atoms with Gasteiger partial charge in [0.15, 0.2) is 5.76 Å². The normalized spacial score (nSPS) is 22.7. The SMILES string of the molecule is COc1ccc2c(c1)C1(CCN(S(=O)(=O)c3c(C)noc3C)C1)C(=O)N2. The van der Waals surface area contributed by atoms with Gasteiger partial charge in [-0.05, 0) is 44.0 Å². The average molecular weight is 377 g/mol. The van der Waals surface area contributed by atoms with Gasteiger partial charge in [0.05, 0.1) is 12.5 Å². The minimum atomic E-state index is -3.80. The van der Waals surface area contributed by atoms with Crippen LogP contribution in [0.3, 0.4) is 0 Å². The molecule has 0 radical (unpaired) electrons. The Balaban J connectivity index is 1.75. The number of hydrogen-bond acceptors (Lipinski definition) is 6. The van der Waals surface area contributed by atoms with Gasteiger partial charge in [0.25, 0.3) is 0 Å². The van der Waals surface area contributed by atoms with Crippen molar-refractivity contribution in [3.8, 4) is 5.75 Å². The summed E-state index contributed by atoms with van der Waals surface area (Å²) < 4.78 is 37.8. The maximum atomic E-state index is 13.1. The smallest absolute Gasteiger partial charge is 0.248 e. The van der Waals surface area contributed by atoms with E-state index in [2.05, 4.69) is 10.5 Å². The summed E-state index contributed by atoms with van der Waals surface area (Å²) >= 11 is 0. The molecule has 2 aromatic rings. The fourth-order valence-corrected chi connectivity index (χ4v) is 5.67. The first kappa shape index (κ1) is 17.0. The summed E-state index contributed by atoms with van der Waals surface area (Å²) in [6.45, 7) is 3.49. The van der Waals surface area contributed by atoms with Crippen molar-refractivity contribution in [2.45, 2.75) is 30.6 Å². The Bertz CT molecular complexity index is 994. The second kappa shape index (κ2) is 5.55. The lowest BCUT2D eigenvalue weighted by atomic mass is 9.81. The molecule has 1 amide bonds. The van der Waals surface area contributed by atoms with Crippen LogP contribution < -0.4 is 10.1 Å². The van der Waals surface area contributed by atoms with Crippen LogP contribution in [0.4, 0.5) is 5.69 Å². The number of nitrogens with zero attached hydrogens (tertiary/aromatic N) is 2. The van der Waals surface area contributed by atoms with Crippen LogP contribution in [-0.4, -0.2) is 44.0 Å². The third-order valence-electron chi connectivity index (χ3n) is 5.23. The number of methoxy groups -OCH3 is 1. The lowest BCUT2D eigenvalue weighted by Crippen LogP contribution is -2.39. The molecule has 138 valence electrons. The second-order valence-corrected chi connectivity index (χ2v) is 8.56. The number of sulfonamides is 1. The van der Waals surface area contributed by atoms with Crippen molar-refractivity contribution in [2.75, 3.05) is 25.5 Å². The highest BCUT2D eigenvalue weighted by atomic mass is 32.2. The van der Waals surface area contributed by atoms with Gasteiger partial charge in [0.2, 0.25) is 15.9 Å². The molecule has 1 unspecified atom stereocenters. The zero-order valence-corrected chi connectivity index (χ0v) is 15.5. The zero-order chi connectivity index (χ0) is 18.7. The molecule has 1 N–H and O–H groups in total. The highest BCUT2D eigenvalue weighted by molar-refractivity contribution is 7.89. The van der Waals surface area contributed by atoms with Crippen molar-refractivity contribution >= 4 is 21.6 Å². The first-order valence-electron chi connectivity index (χ1n) is 8.22. The number of aromatic nitrogens is 1.